The second-order valence-corrected chi connectivity index (χ2v) is 13.2. The van der Waals surface area contributed by atoms with E-state index in [-0.39, 0.29) is 17.8 Å². The number of aryl methyl sites for hydroxylation is 2. The SMILES string of the molecule is CCCN1CCN(C(=O)C(c2ccc(Cn3c4ccccc4c4c(C)c(CCC(=O)OCC)c(C)nc43)cc2)C2CCOCC2)CC1. The summed E-state index contributed by atoms with van der Waals surface area (Å²) in [6, 6.07) is 17.3. The van der Waals surface area contributed by atoms with Crippen LogP contribution in [0.2, 0.25) is 0 Å². The molecular formula is C39H50N4O4. The lowest BCUT2D eigenvalue weighted by Crippen LogP contribution is -2.51. The molecule has 4 aromatic rings. The van der Waals surface area contributed by atoms with Gasteiger partial charge in [-0.25, -0.2) is 4.98 Å². The first-order chi connectivity index (χ1) is 22.9. The monoisotopic (exact) mass is 638 g/mol. The van der Waals surface area contributed by atoms with Crippen molar-refractivity contribution in [2.75, 3.05) is 52.5 Å². The molecule has 1 amide bonds. The van der Waals surface area contributed by atoms with Crippen LogP contribution in [0.5, 0.6) is 0 Å². The molecule has 1 unspecified atom stereocenters. The van der Waals surface area contributed by atoms with Gasteiger partial charge in [-0.05, 0) is 87.2 Å². The second-order valence-electron chi connectivity index (χ2n) is 13.2. The van der Waals surface area contributed by atoms with E-state index >= 15 is 0 Å². The number of carbonyl (C=O) groups is 2. The van der Waals surface area contributed by atoms with Crippen molar-refractivity contribution in [3.05, 3.63) is 76.5 Å². The van der Waals surface area contributed by atoms with Gasteiger partial charge in [0.15, 0.2) is 0 Å². The zero-order chi connectivity index (χ0) is 32.9. The highest BCUT2D eigenvalue weighted by molar-refractivity contribution is 6.08. The molecular weight excluding hydrogens is 588 g/mol. The van der Waals surface area contributed by atoms with E-state index in [0.29, 0.717) is 31.9 Å². The molecule has 0 spiro atoms. The summed E-state index contributed by atoms with van der Waals surface area (Å²) in [5.74, 6) is 0.255. The molecule has 8 nitrogen and oxygen atoms in total. The summed E-state index contributed by atoms with van der Waals surface area (Å²) >= 11 is 0. The van der Waals surface area contributed by atoms with Gasteiger partial charge in [0.1, 0.15) is 5.65 Å². The number of benzene rings is 2. The number of carbonyl (C=O) groups excluding carboxylic acids is 2. The molecule has 0 bridgehead atoms. The first-order valence-corrected chi connectivity index (χ1v) is 17.6. The molecule has 8 heteroatoms. The lowest BCUT2D eigenvalue weighted by molar-refractivity contribution is -0.143. The molecule has 0 saturated carbocycles. The van der Waals surface area contributed by atoms with Gasteiger partial charge in [0, 0.05) is 68.8 Å². The lowest BCUT2D eigenvalue weighted by atomic mass is 9.80. The number of aromatic nitrogens is 2. The summed E-state index contributed by atoms with van der Waals surface area (Å²) < 4.78 is 13.2. The third-order valence-corrected chi connectivity index (χ3v) is 10.3. The predicted molar refractivity (Wildman–Crippen MR) is 187 cm³/mol. The molecule has 2 aliphatic rings. The zero-order valence-electron chi connectivity index (χ0n) is 28.6. The van der Waals surface area contributed by atoms with E-state index < -0.39 is 0 Å². The molecule has 250 valence electrons. The number of rotatable bonds is 11. The predicted octanol–water partition coefficient (Wildman–Crippen LogP) is 6.41. The van der Waals surface area contributed by atoms with E-state index in [9.17, 15) is 9.59 Å². The Morgan fingerprint density at radius 2 is 1.70 bits per heavy atom. The van der Waals surface area contributed by atoms with E-state index in [1.54, 1.807) is 0 Å². The minimum atomic E-state index is -0.174. The van der Waals surface area contributed by atoms with Gasteiger partial charge in [0.2, 0.25) is 5.91 Å². The highest BCUT2D eigenvalue weighted by Gasteiger charge is 2.35. The van der Waals surface area contributed by atoms with Crippen molar-refractivity contribution in [2.24, 2.45) is 5.92 Å². The average molecular weight is 639 g/mol. The Labute approximate surface area is 279 Å². The number of esters is 1. The van der Waals surface area contributed by atoms with Crippen LogP contribution in [0.25, 0.3) is 21.9 Å². The van der Waals surface area contributed by atoms with Crippen LogP contribution in [0.4, 0.5) is 0 Å². The highest BCUT2D eigenvalue weighted by Crippen LogP contribution is 2.36. The summed E-state index contributed by atoms with van der Waals surface area (Å²) in [6.45, 7) is 15.4. The standard InChI is InChI=1S/C39H50N4O4/c1-5-19-41-20-22-42(23-21-41)39(45)37(31-17-24-46-25-18-31)30-13-11-29(12-14-30)26-43-34-10-8-7-9-33(34)36-27(3)32(28(4)40-38(36)43)15-16-35(44)47-6-2/h7-14,31,37H,5-6,15-26H2,1-4H3. The number of amides is 1. The number of pyridine rings is 1. The van der Waals surface area contributed by atoms with E-state index in [1.165, 1.54) is 16.5 Å². The number of piperazine rings is 1. The summed E-state index contributed by atoms with van der Waals surface area (Å²) in [5.41, 5.74) is 7.63. The highest BCUT2D eigenvalue weighted by atomic mass is 16.5. The van der Waals surface area contributed by atoms with Crippen molar-refractivity contribution in [3.63, 3.8) is 0 Å². The van der Waals surface area contributed by atoms with Crippen molar-refractivity contribution in [1.29, 1.82) is 0 Å². The fourth-order valence-electron chi connectivity index (χ4n) is 7.80. The number of ether oxygens (including phenoxy) is 2. The number of fused-ring (bicyclic) bond motifs is 3. The third-order valence-electron chi connectivity index (χ3n) is 10.3. The maximum atomic E-state index is 14.1. The van der Waals surface area contributed by atoms with Crippen LogP contribution < -0.4 is 0 Å². The van der Waals surface area contributed by atoms with Gasteiger partial charge in [-0.3, -0.25) is 14.5 Å². The molecule has 6 rings (SSSR count). The minimum absolute atomic E-state index is 0.140. The van der Waals surface area contributed by atoms with E-state index in [1.807, 2.05) is 13.8 Å². The minimum Gasteiger partial charge on any atom is -0.466 e. The summed E-state index contributed by atoms with van der Waals surface area (Å²) in [7, 11) is 0. The van der Waals surface area contributed by atoms with Crippen LogP contribution in [-0.2, 0) is 32.0 Å². The molecule has 2 aliphatic heterocycles. The number of nitrogens with zero attached hydrogens (tertiary/aromatic N) is 4. The number of para-hydroxylation sites is 1. The number of hydrogen-bond acceptors (Lipinski definition) is 6. The molecule has 47 heavy (non-hydrogen) atoms. The molecule has 0 N–H and O–H groups in total. The average Bonchev–Trinajstić information content (AvgIpc) is 3.39. The van der Waals surface area contributed by atoms with Gasteiger partial charge < -0.3 is 18.9 Å². The van der Waals surface area contributed by atoms with Crippen LogP contribution in [-0.4, -0.2) is 83.8 Å². The molecule has 2 fully saturated rings. The van der Waals surface area contributed by atoms with Gasteiger partial charge in [-0.15, -0.1) is 0 Å². The molecule has 1 atom stereocenters. The fraction of sp³-hybridized carbons (Fsp3) is 0.513. The van der Waals surface area contributed by atoms with Crippen LogP contribution in [0, 0.1) is 19.8 Å². The van der Waals surface area contributed by atoms with Crippen molar-refractivity contribution < 1.29 is 19.1 Å². The summed E-state index contributed by atoms with van der Waals surface area (Å²) in [4.78, 5) is 36.0. The van der Waals surface area contributed by atoms with Crippen molar-refractivity contribution in [1.82, 2.24) is 19.4 Å². The quantitative estimate of drug-likeness (QED) is 0.177. The second kappa shape index (κ2) is 15.0. The van der Waals surface area contributed by atoms with Gasteiger partial charge in [0.05, 0.1) is 18.0 Å². The first kappa shape index (κ1) is 33.2. The molecule has 0 radical (unpaired) electrons. The van der Waals surface area contributed by atoms with Crippen molar-refractivity contribution in [2.45, 2.75) is 72.3 Å². The normalized spacial score (nSPS) is 17.0. The Bertz CT molecular complexity index is 1700. The molecule has 4 heterocycles. The maximum Gasteiger partial charge on any atom is 0.306 e. The van der Waals surface area contributed by atoms with E-state index in [0.717, 1.165) is 98.6 Å². The van der Waals surface area contributed by atoms with Crippen molar-refractivity contribution >= 4 is 33.8 Å². The summed E-state index contributed by atoms with van der Waals surface area (Å²) in [6.07, 6.45) is 3.94. The topological polar surface area (TPSA) is 76.9 Å². The first-order valence-electron chi connectivity index (χ1n) is 17.6. The van der Waals surface area contributed by atoms with Gasteiger partial charge in [-0.2, -0.15) is 0 Å². The van der Waals surface area contributed by atoms with E-state index in [2.05, 4.69) is 76.7 Å². The van der Waals surface area contributed by atoms with Crippen LogP contribution in [0.1, 0.15) is 73.4 Å². The van der Waals surface area contributed by atoms with Gasteiger partial charge in [0.25, 0.3) is 0 Å². The Morgan fingerprint density at radius 3 is 2.40 bits per heavy atom. The Kier molecular flexibility index (Phi) is 10.6. The molecule has 2 aromatic heterocycles. The maximum absolute atomic E-state index is 14.1. The number of hydrogen-bond donors (Lipinski definition) is 0. The van der Waals surface area contributed by atoms with Crippen LogP contribution in [0.3, 0.4) is 0 Å². The van der Waals surface area contributed by atoms with Gasteiger partial charge in [-0.1, -0.05) is 49.4 Å². The lowest BCUT2D eigenvalue weighted by Gasteiger charge is -2.39. The Morgan fingerprint density at radius 1 is 0.979 bits per heavy atom. The summed E-state index contributed by atoms with van der Waals surface area (Å²) in [5, 5.41) is 2.32. The Balaban J connectivity index is 1.28. The molecule has 2 aromatic carbocycles. The fourth-order valence-corrected chi connectivity index (χ4v) is 7.80. The smallest absolute Gasteiger partial charge is 0.306 e. The van der Waals surface area contributed by atoms with Crippen LogP contribution in [0.15, 0.2) is 48.5 Å². The zero-order valence-corrected chi connectivity index (χ0v) is 28.6. The third kappa shape index (κ3) is 7.09. The Hall–Kier alpha value is -3.75. The van der Waals surface area contributed by atoms with Crippen molar-refractivity contribution in [3.8, 4) is 0 Å². The molecule has 0 aliphatic carbocycles. The molecule has 2 saturated heterocycles. The van der Waals surface area contributed by atoms with Gasteiger partial charge >= 0.3 is 5.97 Å². The van der Waals surface area contributed by atoms with E-state index in [4.69, 9.17) is 14.5 Å². The van der Waals surface area contributed by atoms with Crippen LogP contribution >= 0.6 is 0 Å². The largest absolute Gasteiger partial charge is 0.466 e.